The number of aliphatic hydroxyl groups excluding tert-OH is 1. The second-order valence-corrected chi connectivity index (χ2v) is 7.58. The number of hydrogen-bond acceptors (Lipinski definition) is 5. The molecule has 2 aromatic heterocycles. The minimum Gasteiger partial charge on any atom is -0.392 e. The van der Waals surface area contributed by atoms with Crippen LogP contribution in [0.15, 0.2) is 36.5 Å². The van der Waals surface area contributed by atoms with Gasteiger partial charge in [0, 0.05) is 11.8 Å². The van der Waals surface area contributed by atoms with E-state index in [-0.39, 0.29) is 6.61 Å². The van der Waals surface area contributed by atoms with Gasteiger partial charge in [-0.2, -0.15) is 0 Å². The van der Waals surface area contributed by atoms with Crippen LogP contribution in [-0.4, -0.2) is 38.0 Å². The van der Waals surface area contributed by atoms with Crippen molar-refractivity contribution in [1.29, 1.82) is 0 Å². The molecule has 4 rings (SSSR count). The van der Waals surface area contributed by atoms with Crippen molar-refractivity contribution in [3.63, 3.8) is 0 Å². The Hall–Kier alpha value is -2.28. The van der Waals surface area contributed by atoms with Gasteiger partial charge in [0.25, 0.3) is 0 Å². The van der Waals surface area contributed by atoms with Crippen LogP contribution >= 0.6 is 0 Å². The van der Waals surface area contributed by atoms with E-state index in [1.807, 2.05) is 30.5 Å². The summed E-state index contributed by atoms with van der Waals surface area (Å²) in [6, 6.07) is 10.5. The van der Waals surface area contributed by atoms with Crippen LogP contribution in [0, 0.1) is 0 Å². The Bertz CT molecular complexity index is 922. The topological polar surface area (TPSA) is 91.1 Å². The first kappa shape index (κ1) is 19.1. The number of aromatic amines is 1. The number of rotatable bonds is 8. The largest absolute Gasteiger partial charge is 0.392 e. The van der Waals surface area contributed by atoms with Crippen molar-refractivity contribution in [3.8, 4) is 0 Å². The highest BCUT2D eigenvalue weighted by atomic mass is 16.3. The number of nitrogens with one attached hydrogen (secondary N) is 1. The molecule has 1 aliphatic carbocycles. The van der Waals surface area contributed by atoms with Gasteiger partial charge in [-0.15, -0.1) is 0 Å². The Morgan fingerprint density at radius 2 is 2.14 bits per heavy atom. The van der Waals surface area contributed by atoms with E-state index in [0.29, 0.717) is 6.04 Å². The van der Waals surface area contributed by atoms with Crippen LogP contribution in [0.25, 0.3) is 11.0 Å². The molecular weight excluding hydrogens is 350 g/mol. The molecule has 1 aromatic carbocycles. The van der Waals surface area contributed by atoms with Gasteiger partial charge in [0.1, 0.15) is 5.82 Å². The maximum atomic E-state index is 9.60. The molecule has 1 unspecified atom stereocenters. The predicted octanol–water partition coefficient (Wildman–Crippen LogP) is 3.07. The third-order valence-electron chi connectivity index (χ3n) is 5.67. The lowest BCUT2D eigenvalue weighted by Gasteiger charge is -2.34. The van der Waals surface area contributed by atoms with Crippen molar-refractivity contribution < 1.29 is 5.11 Å². The summed E-state index contributed by atoms with van der Waals surface area (Å²) in [6.07, 6.45) is 7.41. The molecule has 4 N–H and O–H groups in total. The van der Waals surface area contributed by atoms with Crippen LogP contribution in [-0.2, 0) is 19.6 Å². The smallest absolute Gasteiger partial charge is 0.121 e. The Morgan fingerprint density at radius 3 is 3.00 bits per heavy atom. The van der Waals surface area contributed by atoms with Crippen molar-refractivity contribution in [2.24, 2.45) is 5.73 Å². The van der Waals surface area contributed by atoms with Gasteiger partial charge in [-0.05, 0) is 62.9 Å². The summed E-state index contributed by atoms with van der Waals surface area (Å²) >= 11 is 0. The van der Waals surface area contributed by atoms with Crippen LogP contribution in [0.2, 0.25) is 0 Å². The summed E-state index contributed by atoms with van der Waals surface area (Å²) in [5.41, 5.74) is 11.0. The van der Waals surface area contributed by atoms with Gasteiger partial charge < -0.3 is 15.8 Å². The fourth-order valence-corrected chi connectivity index (χ4v) is 4.28. The fourth-order valence-electron chi connectivity index (χ4n) is 4.28. The van der Waals surface area contributed by atoms with Crippen molar-refractivity contribution in [1.82, 2.24) is 19.9 Å². The first-order valence-corrected chi connectivity index (χ1v) is 10.3. The van der Waals surface area contributed by atoms with Gasteiger partial charge >= 0.3 is 0 Å². The number of fused-ring (bicyclic) bond motifs is 2. The average molecular weight is 380 g/mol. The van der Waals surface area contributed by atoms with E-state index in [2.05, 4.69) is 16.0 Å². The molecule has 6 nitrogen and oxygen atoms in total. The number of benzene rings is 1. The van der Waals surface area contributed by atoms with E-state index in [1.165, 1.54) is 17.7 Å². The van der Waals surface area contributed by atoms with Crippen molar-refractivity contribution >= 4 is 11.0 Å². The number of H-pyrrole nitrogens is 1. The molecular formula is C22H29N5O. The highest BCUT2D eigenvalue weighted by Crippen LogP contribution is 2.34. The zero-order chi connectivity index (χ0) is 19.3. The third-order valence-corrected chi connectivity index (χ3v) is 5.67. The molecule has 3 aromatic rings. The number of pyridine rings is 1. The van der Waals surface area contributed by atoms with Gasteiger partial charge in [-0.3, -0.25) is 9.88 Å². The Balaban J connectivity index is 1.62. The normalized spacial score (nSPS) is 16.6. The van der Waals surface area contributed by atoms with E-state index >= 15 is 0 Å². The molecule has 0 radical (unpaired) electrons. The number of unbranched alkanes of at least 4 members (excludes halogenated alkanes) is 1. The quantitative estimate of drug-likeness (QED) is 0.523. The number of nitrogens with zero attached hydrogens (tertiary/aromatic N) is 3. The van der Waals surface area contributed by atoms with Crippen LogP contribution in [0.5, 0.6) is 0 Å². The summed E-state index contributed by atoms with van der Waals surface area (Å²) in [5, 5.41) is 9.60. The van der Waals surface area contributed by atoms with Crippen LogP contribution < -0.4 is 5.73 Å². The molecule has 0 saturated carbocycles. The molecule has 0 bridgehead atoms. The van der Waals surface area contributed by atoms with Crippen molar-refractivity contribution in [2.75, 3.05) is 13.1 Å². The van der Waals surface area contributed by atoms with Crippen molar-refractivity contribution in [2.45, 2.75) is 51.3 Å². The summed E-state index contributed by atoms with van der Waals surface area (Å²) in [7, 11) is 0. The lowest BCUT2D eigenvalue weighted by atomic mass is 9.90. The molecule has 0 aliphatic heterocycles. The summed E-state index contributed by atoms with van der Waals surface area (Å²) < 4.78 is 0. The van der Waals surface area contributed by atoms with Gasteiger partial charge in [-0.1, -0.05) is 18.2 Å². The van der Waals surface area contributed by atoms with E-state index in [1.54, 1.807) is 0 Å². The molecule has 148 valence electrons. The predicted molar refractivity (Wildman–Crippen MR) is 111 cm³/mol. The molecule has 6 heteroatoms. The van der Waals surface area contributed by atoms with E-state index in [4.69, 9.17) is 15.7 Å². The third kappa shape index (κ3) is 3.94. The number of imidazole rings is 1. The Morgan fingerprint density at radius 1 is 1.21 bits per heavy atom. The molecule has 0 amide bonds. The molecule has 2 heterocycles. The lowest BCUT2D eigenvalue weighted by molar-refractivity contribution is 0.159. The monoisotopic (exact) mass is 379 g/mol. The van der Waals surface area contributed by atoms with E-state index in [9.17, 15) is 5.11 Å². The zero-order valence-corrected chi connectivity index (χ0v) is 16.3. The Kier molecular flexibility index (Phi) is 6.00. The molecule has 1 aliphatic rings. The summed E-state index contributed by atoms with van der Waals surface area (Å²) in [6.45, 7) is 2.44. The van der Waals surface area contributed by atoms with Gasteiger partial charge in [0.15, 0.2) is 0 Å². The van der Waals surface area contributed by atoms with Gasteiger partial charge in [0.2, 0.25) is 0 Å². The molecule has 28 heavy (non-hydrogen) atoms. The van der Waals surface area contributed by atoms with E-state index in [0.717, 1.165) is 67.7 Å². The second-order valence-electron chi connectivity index (χ2n) is 7.58. The molecule has 1 atom stereocenters. The minimum absolute atomic E-state index is 0.00175. The zero-order valence-electron chi connectivity index (χ0n) is 16.3. The maximum Gasteiger partial charge on any atom is 0.121 e. The SMILES string of the molecule is NCCCCN(Cc1nc2c(CO)cccc2[nH]1)C1CCCc2cccnc21. The molecule has 0 fully saturated rings. The van der Waals surface area contributed by atoms with Gasteiger partial charge in [0.05, 0.1) is 35.9 Å². The molecule has 0 spiro atoms. The maximum absolute atomic E-state index is 9.60. The number of aromatic nitrogens is 3. The highest BCUT2D eigenvalue weighted by Gasteiger charge is 2.27. The number of para-hydroxylation sites is 1. The van der Waals surface area contributed by atoms with Crippen molar-refractivity contribution in [3.05, 3.63) is 59.2 Å². The second kappa shape index (κ2) is 8.82. The number of aryl methyl sites for hydroxylation is 1. The van der Waals surface area contributed by atoms with Crippen LogP contribution in [0.3, 0.4) is 0 Å². The average Bonchev–Trinajstić information content (AvgIpc) is 3.15. The molecule has 0 saturated heterocycles. The van der Waals surface area contributed by atoms with Crippen LogP contribution in [0.1, 0.15) is 54.4 Å². The summed E-state index contributed by atoms with van der Waals surface area (Å²) in [4.78, 5) is 15.5. The minimum atomic E-state index is 0.00175. The van der Waals surface area contributed by atoms with E-state index < -0.39 is 0 Å². The standard InChI is InChI=1S/C22H29N5O/c23-11-1-2-13-27(19-10-4-6-16-8-5-12-24-22(16)19)14-20-25-18-9-3-7-17(15-28)21(18)26-20/h3,5,7-9,12,19,28H,1-2,4,6,10-11,13-15,23H2,(H,25,26). The fraction of sp³-hybridized carbons (Fsp3) is 0.455. The Labute approximate surface area is 165 Å². The summed E-state index contributed by atoms with van der Waals surface area (Å²) in [5.74, 6) is 0.937. The highest BCUT2D eigenvalue weighted by molar-refractivity contribution is 5.78. The first-order chi connectivity index (χ1) is 13.8. The lowest BCUT2D eigenvalue weighted by Crippen LogP contribution is -2.33. The number of aliphatic hydroxyl groups is 1. The first-order valence-electron chi connectivity index (χ1n) is 10.3. The number of hydrogen-bond donors (Lipinski definition) is 3. The van der Waals surface area contributed by atoms with Crippen LogP contribution in [0.4, 0.5) is 0 Å². The van der Waals surface area contributed by atoms with Gasteiger partial charge in [-0.25, -0.2) is 4.98 Å². The number of nitrogens with two attached hydrogens (primary N) is 1.